The summed E-state index contributed by atoms with van der Waals surface area (Å²) in [7, 11) is 0. The predicted octanol–water partition coefficient (Wildman–Crippen LogP) is 6.38. The molecule has 24 heavy (non-hydrogen) atoms. The van der Waals surface area contributed by atoms with Crippen LogP contribution in [0.15, 0.2) is 72.8 Å². The normalized spacial score (nSPS) is 14.4. The van der Waals surface area contributed by atoms with Crippen molar-refractivity contribution in [3.63, 3.8) is 0 Å². The van der Waals surface area contributed by atoms with Crippen LogP contribution in [0.4, 0.5) is 0 Å². The van der Waals surface area contributed by atoms with Crippen molar-refractivity contribution in [1.29, 1.82) is 0 Å². The second kappa shape index (κ2) is 6.92. The second-order valence-corrected chi connectivity index (χ2v) is 6.47. The van der Waals surface area contributed by atoms with E-state index in [2.05, 4.69) is 66.7 Å². The van der Waals surface area contributed by atoms with Crippen LogP contribution in [0.25, 0.3) is 16.3 Å². The van der Waals surface area contributed by atoms with Crippen LogP contribution in [0.1, 0.15) is 36.8 Å². The van der Waals surface area contributed by atoms with Gasteiger partial charge >= 0.3 is 0 Å². The van der Waals surface area contributed by atoms with E-state index in [1.165, 1.54) is 53.2 Å². The topological polar surface area (TPSA) is 9.23 Å². The van der Waals surface area contributed by atoms with Gasteiger partial charge in [0.2, 0.25) is 0 Å². The quantitative estimate of drug-likeness (QED) is 0.543. The van der Waals surface area contributed by atoms with Gasteiger partial charge in [0.1, 0.15) is 12.4 Å². The third kappa shape index (κ3) is 3.35. The molecule has 0 N–H and O–H groups in total. The van der Waals surface area contributed by atoms with E-state index in [0.29, 0.717) is 6.61 Å². The lowest BCUT2D eigenvalue weighted by Crippen LogP contribution is -1.97. The van der Waals surface area contributed by atoms with Gasteiger partial charge in [-0.25, -0.2) is 0 Å². The maximum Gasteiger partial charge on any atom is 0.120 e. The average molecular weight is 314 g/mol. The lowest BCUT2D eigenvalue weighted by Gasteiger charge is -2.14. The molecule has 0 heterocycles. The Bertz CT molecular complexity index is 876. The molecule has 3 aromatic carbocycles. The monoisotopic (exact) mass is 314 g/mol. The molecule has 0 saturated carbocycles. The molecule has 0 fully saturated rings. The molecule has 0 bridgehead atoms. The Kier molecular flexibility index (Phi) is 4.33. The van der Waals surface area contributed by atoms with E-state index in [1.807, 2.05) is 6.07 Å². The van der Waals surface area contributed by atoms with Gasteiger partial charge in [0.05, 0.1) is 0 Å². The Labute approximate surface area is 143 Å². The van der Waals surface area contributed by atoms with Crippen LogP contribution >= 0.6 is 0 Å². The van der Waals surface area contributed by atoms with Crippen LogP contribution in [0, 0.1) is 0 Å². The number of hydrogen-bond acceptors (Lipinski definition) is 1. The van der Waals surface area contributed by atoms with Crippen LogP contribution < -0.4 is 4.74 Å². The summed E-state index contributed by atoms with van der Waals surface area (Å²) in [5.41, 5.74) is 3.99. The molecule has 0 spiro atoms. The summed E-state index contributed by atoms with van der Waals surface area (Å²) >= 11 is 0. The van der Waals surface area contributed by atoms with Crippen molar-refractivity contribution in [1.82, 2.24) is 0 Å². The van der Waals surface area contributed by atoms with Gasteiger partial charge in [-0.3, -0.25) is 0 Å². The zero-order valence-electron chi connectivity index (χ0n) is 13.9. The fourth-order valence-corrected chi connectivity index (χ4v) is 3.38. The maximum atomic E-state index is 6.05. The molecule has 0 saturated heterocycles. The van der Waals surface area contributed by atoms with Gasteiger partial charge in [0, 0.05) is 0 Å². The molecule has 0 atom stereocenters. The van der Waals surface area contributed by atoms with E-state index >= 15 is 0 Å². The Morgan fingerprint density at radius 2 is 1.71 bits per heavy atom. The minimum atomic E-state index is 0.604. The first kappa shape index (κ1) is 15.0. The smallest absolute Gasteiger partial charge is 0.120 e. The standard InChI is InChI=1S/C23H22O/c1-2-7-19(8-3-1)22-11-6-12-23(16-22)24-17-18-13-14-20-9-4-5-10-21(20)15-18/h4-7,9-16H,1-3,8,17H2. The summed E-state index contributed by atoms with van der Waals surface area (Å²) in [4.78, 5) is 0. The number of benzene rings is 3. The first-order valence-electron chi connectivity index (χ1n) is 8.78. The minimum absolute atomic E-state index is 0.604. The molecule has 4 rings (SSSR count). The highest BCUT2D eigenvalue weighted by atomic mass is 16.5. The van der Waals surface area contributed by atoms with Crippen molar-refractivity contribution < 1.29 is 4.74 Å². The molecule has 0 unspecified atom stereocenters. The van der Waals surface area contributed by atoms with Gasteiger partial charge in [0.15, 0.2) is 0 Å². The molecule has 0 radical (unpaired) electrons. The molecule has 1 nitrogen and oxygen atoms in total. The summed E-state index contributed by atoms with van der Waals surface area (Å²) in [6.07, 6.45) is 7.40. The highest BCUT2D eigenvalue weighted by molar-refractivity contribution is 5.82. The molecular formula is C23H22O. The highest BCUT2D eigenvalue weighted by Gasteiger charge is 2.07. The van der Waals surface area contributed by atoms with Crippen molar-refractivity contribution in [3.8, 4) is 5.75 Å². The molecule has 3 aromatic rings. The van der Waals surface area contributed by atoms with Gasteiger partial charge in [-0.2, -0.15) is 0 Å². The van der Waals surface area contributed by atoms with Crippen LogP contribution in [-0.2, 0) is 6.61 Å². The van der Waals surface area contributed by atoms with E-state index < -0.39 is 0 Å². The largest absolute Gasteiger partial charge is 0.489 e. The minimum Gasteiger partial charge on any atom is -0.489 e. The maximum absolute atomic E-state index is 6.05. The zero-order chi connectivity index (χ0) is 16.2. The van der Waals surface area contributed by atoms with Gasteiger partial charge in [-0.1, -0.05) is 54.6 Å². The number of rotatable bonds is 4. The van der Waals surface area contributed by atoms with Gasteiger partial charge in [-0.05, 0) is 71.4 Å². The third-order valence-corrected chi connectivity index (χ3v) is 4.72. The van der Waals surface area contributed by atoms with Crippen molar-refractivity contribution in [2.24, 2.45) is 0 Å². The molecule has 1 heteroatoms. The fraction of sp³-hybridized carbons (Fsp3) is 0.217. The van der Waals surface area contributed by atoms with Crippen LogP contribution in [-0.4, -0.2) is 0 Å². The second-order valence-electron chi connectivity index (χ2n) is 6.47. The molecule has 0 amide bonds. The molecule has 1 aliphatic rings. The predicted molar refractivity (Wildman–Crippen MR) is 101 cm³/mol. The van der Waals surface area contributed by atoms with E-state index in [9.17, 15) is 0 Å². The van der Waals surface area contributed by atoms with Gasteiger partial charge in [0.25, 0.3) is 0 Å². The zero-order valence-corrected chi connectivity index (χ0v) is 13.9. The molecular weight excluding hydrogens is 292 g/mol. The Balaban J connectivity index is 1.49. The molecule has 0 aliphatic heterocycles. The van der Waals surface area contributed by atoms with Crippen molar-refractivity contribution in [2.45, 2.75) is 32.3 Å². The Morgan fingerprint density at radius 1 is 0.792 bits per heavy atom. The SMILES string of the molecule is C1=C(c2cccc(OCc3ccc4ccccc4c3)c2)CCCC1. The molecule has 0 aromatic heterocycles. The van der Waals surface area contributed by atoms with Crippen LogP contribution in [0.5, 0.6) is 5.75 Å². The lowest BCUT2D eigenvalue weighted by atomic mass is 9.94. The van der Waals surface area contributed by atoms with Crippen LogP contribution in [0.3, 0.4) is 0 Å². The third-order valence-electron chi connectivity index (χ3n) is 4.72. The number of fused-ring (bicyclic) bond motifs is 1. The number of ether oxygens (including phenoxy) is 1. The van der Waals surface area contributed by atoms with E-state index in [0.717, 1.165) is 5.75 Å². The van der Waals surface area contributed by atoms with Gasteiger partial charge in [-0.15, -0.1) is 0 Å². The van der Waals surface area contributed by atoms with E-state index in [1.54, 1.807) is 0 Å². The van der Waals surface area contributed by atoms with Crippen molar-refractivity contribution >= 4 is 16.3 Å². The van der Waals surface area contributed by atoms with Gasteiger partial charge < -0.3 is 4.74 Å². The van der Waals surface area contributed by atoms with E-state index in [4.69, 9.17) is 4.74 Å². The summed E-state index contributed by atoms with van der Waals surface area (Å²) in [6, 6.07) is 23.5. The molecule has 120 valence electrons. The first-order valence-corrected chi connectivity index (χ1v) is 8.78. The summed E-state index contributed by atoms with van der Waals surface area (Å²) in [5.74, 6) is 0.951. The fourth-order valence-electron chi connectivity index (χ4n) is 3.38. The summed E-state index contributed by atoms with van der Waals surface area (Å²) < 4.78 is 6.05. The van der Waals surface area contributed by atoms with E-state index in [-0.39, 0.29) is 0 Å². The number of allylic oxidation sites excluding steroid dienone is 2. The molecule has 1 aliphatic carbocycles. The average Bonchev–Trinajstić information content (AvgIpc) is 2.67. The van der Waals surface area contributed by atoms with Crippen molar-refractivity contribution in [3.05, 3.63) is 83.9 Å². The first-order chi connectivity index (χ1) is 11.9. The van der Waals surface area contributed by atoms with Crippen molar-refractivity contribution in [2.75, 3.05) is 0 Å². The Morgan fingerprint density at radius 3 is 2.58 bits per heavy atom. The highest BCUT2D eigenvalue weighted by Crippen LogP contribution is 2.29. The summed E-state index contributed by atoms with van der Waals surface area (Å²) in [6.45, 7) is 0.604. The Hall–Kier alpha value is -2.54. The number of hydrogen-bond donors (Lipinski definition) is 0. The lowest BCUT2D eigenvalue weighted by molar-refractivity contribution is 0.306. The van der Waals surface area contributed by atoms with Crippen LogP contribution in [0.2, 0.25) is 0 Å². The summed E-state index contributed by atoms with van der Waals surface area (Å²) in [5, 5.41) is 2.53.